The average molecular weight is 358 g/mol. The van der Waals surface area contributed by atoms with E-state index in [2.05, 4.69) is 10.00 Å². The Hall–Kier alpha value is -1.57. The molecule has 3 heterocycles. The van der Waals surface area contributed by atoms with Crippen LogP contribution < -0.4 is 0 Å². The van der Waals surface area contributed by atoms with Gasteiger partial charge >= 0.3 is 6.18 Å². The molecule has 0 aliphatic carbocycles. The zero-order valence-electron chi connectivity index (χ0n) is 14.8. The van der Waals surface area contributed by atoms with E-state index in [1.54, 1.807) is 11.8 Å². The third-order valence-electron chi connectivity index (χ3n) is 5.22. The Balaban J connectivity index is 1.99. The van der Waals surface area contributed by atoms with Crippen molar-refractivity contribution < 1.29 is 18.0 Å². The van der Waals surface area contributed by atoms with Crippen LogP contribution in [0, 0.1) is 6.92 Å². The minimum atomic E-state index is -4.63. The molecule has 0 spiro atoms. The molecule has 0 radical (unpaired) electrons. The molecule has 5 nitrogen and oxygen atoms in total. The number of rotatable bonds is 2. The maximum absolute atomic E-state index is 13.6. The Morgan fingerprint density at radius 1 is 1.12 bits per heavy atom. The monoisotopic (exact) mass is 358 g/mol. The highest BCUT2D eigenvalue weighted by atomic mass is 19.4. The van der Waals surface area contributed by atoms with Crippen molar-refractivity contribution >= 4 is 5.91 Å². The summed E-state index contributed by atoms with van der Waals surface area (Å²) in [6.07, 6.45) is -0.236. The van der Waals surface area contributed by atoms with E-state index in [-0.39, 0.29) is 11.6 Å². The molecule has 2 aliphatic rings. The lowest BCUT2D eigenvalue weighted by Gasteiger charge is -2.30. The number of amides is 1. The third kappa shape index (κ3) is 3.68. The second kappa shape index (κ2) is 6.97. The molecule has 25 heavy (non-hydrogen) atoms. The van der Waals surface area contributed by atoms with Gasteiger partial charge in [0.25, 0.3) is 5.91 Å². The van der Waals surface area contributed by atoms with Crippen molar-refractivity contribution in [3.05, 3.63) is 17.0 Å². The summed E-state index contributed by atoms with van der Waals surface area (Å²) in [6, 6.07) is -0.122. The van der Waals surface area contributed by atoms with Crippen LogP contribution in [0.1, 0.15) is 59.9 Å². The van der Waals surface area contributed by atoms with Crippen molar-refractivity contribution in [2.45, 2.75) is 51.2 Å². The van der Waals surface area contributed by atoms with Crippen molar-refractivity contribution in [2.75, 3.05) is 33.2 Å². The Morgan fingerprint density at radius 3 is 2.40 bits per heavy atom. The molecule has 1 aromatic heterocycles. The Labute approximate surface area is 145 Å². The molecule has 0 saturated carbocycles. The summed E-state index contributed by atoms with van der Waals surface area (Å²) >= 11 is 0. The lowest BCUT2D eigenvalue weighted by Crippen LogP contribution is -2.37. The number of carbonyl (C=O) groups excluding carboxylic acids is 1. The van der Waals surface area contributed by atoms with Crippen molar-refractivity contribution in [2.24, 2.45) is 0 Å². The Morgan fingerprint density at radius 2 is 1.80 bits per heavy atom. The van der Waals surface area contributed by atoms with E-state index in [1.165, 1.54) is 4.68 Å². The smallest absolute Gasteiger partial charge is 0.339 e. The topological polar surface area (TPSA) is 41.4 Å². The van der Waals surface area contributed by atoms with Gasteiger partial charge in [-0.25, -0.2) is 0 Å². The highest BCUT2D eigenvalue weighted by molar-refractivity contribution is 5.96. The molecule has 2 fully saturated rings. The largest absolute Gasteiger partial charge is 0.435 e. The van der Waals surface area contributed by atoms with Gasteiger partial charge in [-0.2, -0.15) is 18.3 Å². The van der Waals surface area contributed by atoms with Crippen LogP contribution in [0.15, 0.2) is 0 Å². The van der Waals surface area contributed by atoms with Crippen LogP contribution in [-0.4, -0.2) is 58.7 Å². The molecule has 8 heteroatoms. The number of likely N-dealkylation sites (tertiary alicyclic amines) is 2. The first kappa shape index (κ1) is 18.2. The van der Waals surface area contributed by atoms with Crippen LogP contribution in [0.4, 0.5) is 13.2 Å². The van der Waals surface area contributed by atoms with E-state index in [0.717, 1.165) is 38.6 Å². The number of aromatic nitrogens is 2. The fraction of sp³-hybridized carbons (Fsp3) is 0.765. The van der Waals surface area contributed by atoms with Crippen LogP contribution in [-0.2, 0) is 6.18 Å². The van der Waals surface area contributed by atoms with Gasteiger partial charge in [-0.15, -0.1) is 0 Å². The van der Waals surface area contributed by atoms with E-state index >= 15 is 0 Å². The molecule has 140 valence electrons. The lowest BCUT2D eigenvalue weighted by atomic mass is 10.0. The average Bonchev–Trinajstić information content (AvgIpc) is 2.92. The Bertz CT molecular complexity index is 635. The summed E-state index contributed by atoms with van der Waals surface area (Å²) in [5, 5.41) is 3.87. The molecule has 0 bridgehead atoms. The SMILES string of the molecule is Cc1c(C(=O)N2CCCCC2)c(C(F)(F)F)nn1C1CCCN(C)C1. The number of hydrogen-bond donors (Lipinski definition) is 0. The molecule has 1 unspecified atom stereocenters. The number of hydrogen-bond acceptors (Lipinski definition) is 3. The molecule has 2 aliphatic heterocycles. The number of carbonyl (C=O) groups is 1. The normalized spacial score (nSPS) is 23.1. The van der Waals surface area contributed by atoms with Crippen molar-refractivity contribution in [3.8, 4) is 0 Å². The summed E-state index contributed by atoms with van der Waals surface area (Å²) in [5.74, 6) is -0.528. The first-order valence-corrected chi connectivity index (χ1v) is 8.93. The maximum atomic E-state index is 13.6. The second-order valence-electron chi connectivity index (χ2n) is 7.16. The molecular formula is C17H25F3N4O. The molecular weight excluding hydrogens is 333 g/mol. The van der Waals surface area contributed by atoms with Crippen molar-refractivity contribution in [1.29, 1.82) is 0 Å². The van der Waals surface area contributed by atoms with Gasteiger partial charge < -0.3 is 9.80 Å². The van der Waals surface area contributed by atoms with Gasteiger partial charge in [-0.05, 0) is 52.6 Å². The fourth-order valence-corrected chi connectivity index (χ4v) is 3.92. The quantitative estimate of drug-likeness (QED) is 0.816. The van der Waals surface area contributed by atoms with Crippen molar-refractivity contribution in [3.63, 3.8) is 0 Å². The van der Waals surface area contributed by atoms with Gasteiger partial charge in [-0.3, -0.25) is 9.48 Å². The van der Waals surface area contributed by atoms with Gasteiger partial charge in [0, 0.05) is 25.3 Å². The molecule has 0 N–H and O–H groups in total. The number of halogens is 3. The standard InChI is InChI=1S/C17H25F3N4O/c1-12-14(16(25)23-9-4-3-5-10-23)15(17(18,19)20)21-24(12)13-7-6-8-22(2)11-13/h13H,3-11H2,1-2H3. The highest BCUT2D eigenvalue weighted by Crippen LogP contribution is 2.35. The predicted octanol–water partition coefficient (Wildman–Crippen LogP) is 3.10. The fourth-order valence-electron chi connectivity index (χ4n) is 3.92. The molecule has 1 atom stereocenters. The maximum Gasteiger partial charge on any atom is 0.435 e. The summed E-state index contributed by atoms with van der Waals surface area (Å²) in [5.41, 5.74) is -0.959. The lowest BCUT2D eigenvalue weighted by molar-refractivity contribution is -0.142. The highest BCUT2D eigenvalue weighted by Gasteiger charge is 2.42. The summed E-state index contributed by atoms with van der Waals surface area (Å²) < 4.78 is 42.1. The zero-order valence-corrected chi connectivity index (χ0v) is 14.8. The first-order chi connectivity index (χ1) is 11.8. The van der Waals surface area contributed by atoms with Gasteiger partial charge in [0.15, 0.2) is 5.69 Å². The number of likely N-dealkylation sites (N-methyl/N-ethyl adjacent to an activating group) is 1. The van der Waals surface area contributed by atoms with Crippen LogP contribution in [0.5, 0.6) is 0 Å². The minimum absolute atomic E-state index is 0.122. The molecule has 0 aromatic carbocycles. The zero-order chi connectivity index (χ0) is 18.2. The van der Waals surface area contributed by atoms with Gasteiger partial charge in [0.1, 0.15) is 0 Å². The first-order valence-electron chi connectivity index (χ1n) is 8.93. The molecule has 2 saturated heterocycles. The van der Waals surface area contributed by atoms with E-state index in [1.807, 2.05) is 7.05 Å². The van der Waals surface area contributed by atoms with Crippen molar-refractivity contribution in [1.82, 2.24) is 19.6 Å². The van der Waals surface area contributed by atoms with Gasteiger partial charge in [0.05, 0.1) is 11.6 Å². The molecule has 1 amide bonds. The minimum Gasteiger partial charge on any atom is -0.339 e. The number of alkyl halides is 3. The van der Waals surface area contributed by atoms with Crippen LogP contribution in [0.2, 0.25) is 0 Å². The number of nitrogens with zero attached hydrogens (tertiary/aromatic N) is 4. The van der Waals surface area contributed by atoms with Gasteiger partial charge in [-0.1, -0.05) is 0 Å². The molecule has 3 rings (SSSR count). The van der Waals surface area contributed by atoms with Crippen LogP contribution >= 0.6 is 0 Å². The second-order valence-corrected chi connectivity index (χ2v) is 7.16. The Kier molecular flexibility index (Phi) is 5.09. The number of piperidine rings is 2. The predicted molar refractivity (Wildman–Crippen MR) is 87.5 cm³/mol. The van der Waals surface area contributed by atoms with E-state index in [4.69, 9.17) is 0 Å². The van der Waals surface area contributed by atoms with Gasteiger partial charge in [0.2, 0.25) is 0 Å². The summed E-state index contributed by atoms with van der Waals surface area (Å²) in [4.78, 5) is 16.4. The van der Waals surface area contributed by atoms with Crippen LogP contribution in [0.25, 0.3) is 0 Å². The van der Waals surface area contributed by atoms with E-state index < -0.39 is 17.8 Å². The van der Waals surface area contributed by atoms with Crippen LogP contribution in [0.3, 0.4) is 0 Å². The summed E-state index contributed by atoms with van der Waals surface area (Å²) in [6.45, 7) is 4.22. The molecule has 1 aromatic rings. The van der Waals surface area contributed by atoms with E-state index in [0.29, 0.717) is 25.3 Å². The summed E-state index contributed by atoms with van der Waals surface area (Å²) in [7, 11) is 1.95. The van der Waals surface area contributed by atoms with E-state index in [9.17, 15) is 18.0 Å². The third-order valence-corrected chi connectivity index (χ3v) is 5.22.